The van der Waals surface area contributed by atoms with Crippen LogP contribution in [0.5, 0.6) is 5.75 Å². The molecule has 0 aliphatic rings. The van der Waals surface area contributed by atoms with E-state index in [9.17, 15) is 4.79 Å². The molecule has 1 rings (SSSR count). The van der Waals surface area contributed by atoms with Gasteiger partial charge >= 0.3 is 6.03 Å². The average Bonchev–Trinajstić information content (AvgIpc) is 2.44. The molecule has 0 fully saturated rings. The monoisotopic (exact) mass is 328 g/mol. The van der Waals surface area contributed by atoms with Crippen molar-refractivity contribution in [3.05, 3.63) is 23.2 Å². The Hall–Kier alpha value is -1.46. The number of urea groups is 1. The number of carbonyl (C=O) groups is 1. The zero-order valence-corrected chi connectivity index (χ0v) is 14.2. The summed E-state index contributed by atoms with van der Waals surface area (Å²) in [5, 5.41) is 14.9. The molecule has 0 unspecified atom stereocenters. The van der Waals surface area contributed by atoms with Crippen LogP contribution < -0.4 is 15.4 Å². The third-order valence-corrected chi connectivity index (χ3v) is 3.46. The third kappa shape index (κ3) is 6.54. The van der Waals surface area contributed by atoms with E-state index in [1.165, 1.54) is 0 Å². The number of hydrogen-bond donors (Lipinski definition) is 3. The predicted molar refractivity (Wildman–Crippen MR) is 89.7 cm³/mol. The van der Waals surface area contributed by atoms with Gasteiger partial charge in [0.05, 0.1) is 11.6 Å². The number of anilines is 1. The van der Waals surface area contributed by atoms with E-state index in [2.05, 4.69) is 10.6 Å². The second-order valence-corrected chi connectivity index (χ2v) is 6.35. The minimum atomic E-state index is -0.302. The zero-order valence-electron chi connectivity index (χ0n) is 13.4. The Morgan fingerprint density at radius 1 is 1.41 bits per heavy atom. The van der Waals surface area contributed by atoms with Crippen LogP contribution >= 0.6 is 11.6 Å². The van der Waals surface area contributed by atoms with Crippen LogP contribution in [0, 0.1) is 5.41 Å². The van der Waals surface area contributed by atoms with Crippen molar-refractivity contribution in [3.8, 4) is 5.75 Å². The lowest BCUT2D eigenvalue weighted by Crippen LogP contribution is -2.37. The maximum atomic E-state index is 11.9. The average molecular weight is 329 g/mol. The minimum Gasteiger partial charge on any atom is -0.492 e. The van der Waals surface area contributed by atoms with E-state index < -0.39 is 0 Å². The lowest BCUT2D eigenvalue weighted by atomic mass is 9.90. The number of aliphatic hydroxyl groups is 1. The summed E-state index contributed by atoms with van der Waals surface area (Å²) in [5.74, 6) is 0.610. The number of aliphatic hydroxyl groups excluding tert-OH is 1. The number of halogens is 1. The van der Waals surface area contributed by atoms with Gasteiger partial charge in [-0.2, -0.15) is 0 Å². The molecular formula is C16H25ClN2O3. The van der Waals surface area contributed by atoms with Gasteiger partial charge in [-0.1, -0.05) is 32.4 Å². The summed E-state index contributed by atoms with van der Waals surface area (Å²) in [5.41, 5.74) is 0.452. The van der Waals surface area contributed by atoms with Gasteiger partial charge in [0.1, 0.15) is 5.75 Å². The number of ether oxygens (including phenoxy) is 1. The van der Waals surface area contributed by atoms with Crippen LogP contribution in [0.2, 0.25) is 5.02 Å². The zero-order chi connectivity index (χ0) is 16.6. The van der Waals surface area contributed by atoms with Crippen molar-refractivity contribution in [1.29, 1.82) is 0 Å². The molecule has 5 nitrogen and oxygen atoms in total. The molecule has 22 heavy (non-hydrogen) atoms. The Morgan fingerprint density at radius 2 is 2.14 bits per heavy atom. The van der Waals surface area contributed by atoms with E-state index in [0.29, 0.717) is 36.0 Å². The van der Waals surface area contributed by atoms with E-state index in [0.717, 1.165) is 6.42 Å². The van der Waals surface area contributed by atoms with Crippen LogP contribution in [0.15, 0.2) is 18.2 Å². The van der Waals surface area contributed by atoms with Crippen molar-refractivity contribution in [2.45, 2.75) is 33.6 Å². The van der Waals surface area contributed by atoms with E-state index in [1.54, 1.807) is 18.2 Å². The molecular weight excluding hydrogens is 304 g/mol. The first kappa shape index (κ1) is 18.6. The Labute approximate surface area is 137 Å². The molecule has 0 aliphatic carbocycles. The number of hydrogen-bond acceptors (Lipinski definition) is 3. The van der Waals surface area contributed by atoms with Crippen molar-refractivity contribution < 1.29 is 14.6 Å². The van der Waals surface area contributed by atoms with E-state index in [1.807, 2.05) is 20.8 Å². The molecule has 0 radical (unpaired) electrons. The summed E-state index contributed by atoms with van der Waals surface area (Å²) in [6, 6.07) is 4.84. The molecule has 1 aromatic carbocycles. The van der Waals surface area contributed by atoms with Gasteiger partial charge < -0.3 is 20.5 Å². The van der Waals surface area contributed by atoms with Gasteiger partial charge in [0.15, 0.2) is 0 Å². The number of benzene rings is 1. The summed E-state index contributed by atoms with van der Waals surface area (Å²) >= 11 is 6.12. The van der Waals surface area contributed by atoms with Crippen LogP contribution in [-0.2, 0) is 0 Å². The van der Waals surface area contributed by atoms with Gasteiger partial charge in [-0.3, -0.25) is 0 Å². The third-order valence-electron chi connectivity index (χ3n) is 3.17. The van der Waals surface area contributed by atoms with Crippen LogP contribution in [0.1, 0.15) is 33.6 Å². The molecule has 0 aliphatic heterocycles. The van der Waals surface area contributed by atoms with Gasteiger partial charge in [-0.25, -0.2) is 4.79 Å². The molecule has 0 bridgehead atoms. The lowest BCUT2D eigenvalue weighted by Gasteiger charge is -2.23. The molecule has 0 atom stereocenters. The molecule has 0 saturated carbocycles. The summed E-state index contributed by atoms with van der Waals surface area (Å²) < 4.78 is 5.48. The van der Waals surface area contributed by atoms with Crippen molar-refractivity contribution >= 4 is 23.3 Å². The first-order valence-corrected chi connectivity index (χ1v) is 7.84. The van der Waals surface area contributed by atoms with Crippen LogP contribution in [0.4, 0.5) is 10.5 Å². The second-order valence-electron chi connectivity index (χ2n) is 5.94. The van der Waals surface area contributed by atoms with E-state index >= 15 is 0 Å². The van der Waals surface area contributed by atoms with Crippen molar-refractivity contribution in [2.75, 3.05) is 25.1 Å². The topological polar surface area (TPSA) is 70.6 Å². The Kier molecular flexibility index (Phi) is 7.48. The number of nitrogens with one attached hydrogen (secondary N) is 2. The highest BCUT2D eigenvalue weighted by Crippen LogP contribution is 2.27. The highest BCUT2D eigenvalue weighted by molar-refractivity contribution is 6.32. The van der Waals surface area contributed by atoms with Crippen LogP contribution in [0.3, 0.4) is 0 Å². The van der Waals surface area contributed by atoms with Gasteiger partial charge in [-0.15, -0.1) is 0 Å². The highest BCUT2D eigenvalue weighted by atomic mass is 35.5. The molecule has 6 heteroatoms. The molecule has 0 spiro atoms. The number of rotatable bonds is 8. The van der Waals surface area contributed by atoms with Crippen molar-refractivity contribution in [3.63, 3.8) is 0 Å². The van der Waals surface area contributed by atoms with Crippen LogP contribution in [0.25, 0.3) is 0 Å². The molecule has 124 valence electrons. The smallest absolute Gasteiger partial charge is 0.319 e. The maximum absolute atomic E-state index is 11.9. The number of carbonyl (C=O) groups excluding carboxylic acids is 1. The highest BCUT2D eigenvalue weighted by Gasteiger charge is 2.18. The molecule has 0 aromatic heterocycles. The molecule has 2 amide bonds. The summed E-state index contributed by atoms with van der Waals surface area (Å²) in [4.78, 5) is 11.9. The summed E-state index contributed by atoms with van der Waals surface area (Å²) in [6.07, 6.45) is 1.53. The van der Waals surface area contributed by atoms with Crippen molar-refractivity contribution in [2.24, 2.45) is 5.41 Å². The fourth-order valence-corrected chi connectivity index (χ4v) is 2.03. The Morgan fingerprint density at radius 3 is 2.73 bits per heavy atom. The SMILES string of the molecule is CCCOc1ccc(NC(=O)NCC(C)(C)CCO)cc1Cl. The number of amides is 2. The maximum Gasteiger partial charge on any atom is 0.319 e. The molecule has 0 heterocycles. The first-order valence-electron chi connectivity index (χ1n) is 7.46. The fourth-order valence-electron chi connectivity index (χ4n) is 1.79. The summed E-state index contributed by atoms with van der Waals surface area (Å²) in [7, 11) is 0. The minimum absolute atomic E-state index is 0.102. The van der Waals surface area contributed by atoms with Gasteiger partial charge in [0.25, 0.3) is 0 Å². The molecule has 1 aromatic rings. The molecule has 3 N–H and O–H groups in total. The standard InChI is InChI=1S/C16H25ClN2O3/c1-4-9-22-14-6-5-12(10-13(14)17)19-15(21)18-11-16(2,3)7-8-20/h5-6,10,20H,4,7-9,11H2,1-3H3,(H2,18,19,21). The van der Waals surface area contributed by atoms with E-state index in [-0.39, 0.29) is 18.1 Å². The van der Waals surface area contributed by atoms with E-state index in [4.69, 9.17) is 21.4 Å². The Bertz CT molecular complexity index is 492. The summed E-state index contributed by atoms with van der Waals surface area (Å²) in [6.45, 7) is 7.18. The quantitative estimate of drug-likeness (QED) is 0.682. The second kappa shape index (κ2) is 8.86. The first-order chi connectivity index (χ1) is 10.4. The van der Waals surface area contributed by atoms with Crippen molar-refractivity contribution in [1.82, 2.24) is 5.32 Å². The van der Waals surface area contributed by atoms with Crippen LogP contribution in [-0.4, -0.2) is 30.9 Å². The fraction of sp³-hybridized carbons (Fsp3) is 0.562. The van der Waals surface area contributed by atoms with Gasteiger partial charge in [-0.05, 0) is 36.5 Å². The van der Waals surface area contributed by atoms with Gasteiger partial charge in [0, 0.05) is 18.8 Å². The van der Waals surface area contributed by atoms with Gasteiger partial charge in [0.2, 0.25) is 0 Å². The largest absolute Gasteiger partial charge is 0.492 e. The molecule has 0 saturated heterocycles. The Balaban J connectivity index is 2.52. The lowest BCUT2D eigenvalue weighted by molar-refractivity contribution is 0.204. The predicted octanol–water partition coefficient (Wildman–Crippen LogP) is 3.66. The normalized spacial score (nSPS) is 11.1.